The molecular formula is C7H6O4. The summed E-state index contributed by atoms with van der Waals surface area (Å²) in [5, 5.41) is 0. The maximum atomic E-state index is 10.5. The third kappa shape index (κ3) is 2.25. The fourth-order valence-corrected chi connectivity index (χ4v) is 0.596. The van der Waals surface area contributed by atoms with E-state index in [9.17, 15) is 9.59 Å². The molecule has 0 saturated heterocycles. The van der Waals surface area contributed by atoms with E-state index < -0.39 is 11.6 Å². The second kappa shape index (κ2) is 3.01. The molecule has 0 spiro atoms. The van der Waals surface area contributed by atoms with Crippen molar-refractivity contribution >= 4 is 5.97 Å². The van der Waals surface area contributed by atoms with Gasteiger partial charge in [-0.1, -0.05) is 0 Å². The minimum Gasteiger partial charge on any atom is -0.431 e. The first-order valence-corrected chi connectivity index (χ1v) is 2.96. The van der Waals surface area contributed by atoms with E-state index in [4.69, 9.17) is 0 Å². The molecule has 0 bridgehead atoms. The zero-order valence-electron chi connectivity index (χ0n) is 5.87. The van der Waals surface area contributed by atoms with Crippen LogP contribution in [0.1, 0.15) is 6.92 Å². The third-order valence-electron chi connectivity index (χ3n) is 0.938. The molecule has 58 valence electrons. The van der Waals surface area contributed by atoms with E-state index in [-0.39, 0.29) is 5.75 Å². The fourth-order valence-electron chi connectivity index (χ4n) is 0.596. The topological polar surface area (TPSA) is 56.5 Å². The van der Waals surface area contributed by atoms with Gasteiger partial charge in [-0.3, -0.25) is 4.79 Å². The largest absolute Gasteiger partial charge is 0.431 e. The minimum absolute atomic E-state index is 0.203. The summed E-state index contributed by atoms with van der Waals surface area (Å²) >= 11 is 0. The van der Waals surface area contributed by atoms with Crippen molar-refractivity contribution < 1.29 is 13.9 Å². The Hall–Kier alpha value is -1.58. The van der Waals surface area contributed by atoms with Gasteiger partial charge in [0.15, 0.2) is 0 Å². The number of rotatable bonds is 1. The predicted molar refractivity (Wildman–Crippen MR) is 36.3 cm³/mol. The highest BCUT2D eigenvalue weighted by Gasteiger charge is 1.97. The van der Waals surface area contributed by atoms with Crippen molar-refractivity contribution in [3.63, 3.8) is 0 Å². The lowest BCUT2D eigenvalue weighted by Gasteiger charge is -1.96. The Balaban J connectivity index is 2.88. The Morgan fingerprint density at radius 1 is 1.64 bits per heavy atom. The minimum atomic E-state index is -0.538. The van der Waals surface area contributed by atoms with Gasteiger partial charge in [0.05, 0.1) is 12.3 Å². The monoisotopic (exact) mass is 154 g/mol. The average molecular weight is 154 g/mol. The first kappa shape index (κ1) is 7.53. The normalized spacial score (nSPS) is 9.18. The quantitative estimate of drug-likeness (QED) is 0.554. The van der Waals surface area contributed by atoms with Crippen LogP contribution in [0.5, 0.6) is 5.75 Å². The lowest BCUT2D eigenvalue weighted by molar-refractivity contribution is -0.131. The van der Waals surface area contributed by atoms with Crippen molar-refractivity contribution in [1.29, 1.82) is 0 Å². The third-order valence-corrected chi connectivity index (χ3v) is 0.938. The van der Waals surface area contributed by atoms with Crippen molar-refractivity contribution in [2.24, 2.45) is 0 Å². The van der Waals surface area contributed by atoms with Crippen LogP contribution in [0.2, 0.25) is 0 Å². The lowest BCUT2D eigenvalue weighted by Crippen LogP contribution is -2.04. The number of ether oxygens (including phenoxy) is 1. The van der Waals surface area contributed by atoms with Crippen molar-refractivity contribution in [2.75, 3.05) is 0 Å². The Bertz CT molecular complexity index is 312. The van der Waals surface area contributed by atoms with E-state index in [0.29, 0.717) is 0 Å². The second-order valence-corrected chi connectivity index (χ2v) is 1.88. The van der Waals surface area contributed by atoms with Crippen molar-refractivity contribution in [1.82, 2.24) is 0 Å². The second-order valence-electron chi connectivity index (χ2n) is 1.88. The lowest BCUT2D eigenvalue weighted by atomic mass is 10.5. The molecule has 1 aromatic heterocycles. The van der Waals surface area contributed by atoms with Gasteiger partial charge in [0, 0.05) is 13.0 Å². The molecule has 1 aromatic rings. The summed E-state index contributed by atoms with van der Waals surface area (Å²) in [6.45, 7) is 1.26. The first-order valence-electron chi connectivity index (χ1n) is 2.96. The molecule has 0 N–H and O–H groups in total. The summed E-state index contributed by atoms with van der Waals surface area (Å²) in [5.74, 6) is -0.260. The molecule has 0 aliphatic rings. The molecule has 0 atom stereocenters. The van der Waals surface area contributed by atoms with E-state index in [1.807, 2.05) is 0 Å². The summed E-state index contributed by atoms with van der Waals surface area (Å²) in [6, 6.07) is 2.49. The zero-order valence-corrected chi connectivity index (χ0v) is 5.87. The highest BCUT2D eigenvalue weighted by atomic mass is 16.5. The van der Waals surface area contributed by atoms with E-state index in [1.165, 1.54) is 19.3 Å². The number of carbonyl (C=O) groups is 1. The van der Waals surface area contributed by atoms with Gasteiger partial charge >= 0.3 is 11.6 Å². The van der Waals surface area contributed by atoms with Crippen LogP contribution in [0.15, 0.2) is 27.6 Å². The van der Waals surface area contributed by atoms with Gasteiger partial charge in [-0.05, 0) is 0 Å². The number of esters is 1. The zero-order chi connectivity index (χ0) is 8.27. The highest BCUT2D eigenvalue weighted by Crippen LogP contribution is 2.04. The molecule has 4 nitrogen and oxygen atoms in total. The Kier molecular flexibility index (Phi) is 2.06. The van der Waals surface area contributed by atoms with Crippen LogP contribution in [-0.2, 0) is 4.79 Å². The maximum absolute atomic E-state index is 10.5. The van der Waals surface area contributed by atoms with Crippen LogP contribution in [0.3, 0.4) is 0 Å². The number of hydrogen-bond donors (Lipinski definition) is 0. The van der Waals surface area contributed by atoms with Gasteiger partial charge in [-0.25, -0.2) is 4.79 Å². The highest BCUT2D eigenvalue weighted by molar-refractivity contribution is 5.69. The van der Waals surface area contributed by atoms with Crippen molar-refractivity contribution in [3.8, 4) is 5.75 Å². The van der Waals surface area contributed by atoms with Crippen molar-refractivity contribution in [3.05, 3.63) is 28.8 Å². The first-order chi connectivity index (χ1) is 5.18. The molecule has 11 heavy (non-hydrogen) atoms. The van der Waals surface area contributed by atoms with Crippen LogP contribution >= 0.6 is 0 Å². The van der Waals surface area contributed by atoms with E-state index in [0.717, 1.165) is 6.07 Å². The molecule has 0 unspecified atom stereocenters. The SMILES string of the molecule is CC(=O)Oc1ccoc(=O)c1. The maximum Gasteiger partial charge on any atom is 0.339 e. The molecular weight excluding hydrogens is 148 g/mol. The Morgan fingerprint density at radius 3 is 2.91 bits per heavy atom. The van der Waals surface area contributed by atoms with Crippen LogP contribution in [-0.4, -0.2) is 5.97 Å². The number of carbonyl (C=O) groups excluding carboxylic acids is 1. The van der Waals surface area contributed by atoms with E-state index >= 15 is 0 Å². The van der Waals surface area contributed by atoms with E-state index in [2.05, 4.69) is 9.15 Å². The molecule has 1 rings (SSSR count). The fraction of sp³-hybridized carbons (Fsp3) is 0.143. The Morgan fingerprint density at radius 2 is 2.36 bits per heavy atom. The molecule has 0 aliphatic heterocycles. The van der Waals surface area contributed by atoms with Crippen LogP contribution < -0.4 is 10.4 Å². The smallest absolute Gasteiger partial charge is 0.339 e. The number of hydrogen-bond acceptors (Lipinski definition) is 4. The summed E-state index contributed by atoms with van der Waals surface area (Å²) in [4.78, 5) is 20.9. The van der Waals surface area contributed by atoms with Crippen LogP contribution in [0, 0.1) is 0 Å². The molecule has 0 radical (unpaired) electrons. The molecule has 0 aliphatic carbocycles. The summed E-state index contributed by atoms with van der Waals surface area (Å²) in [5.41, 5.74) is -0.538. The van der Waals surface area contributed by atoms with Crippen LogP contribution in [0.25, 0.3) is 0 Å². The average Bonchev–Trinajstić information content (AvgIpc) is 1.85. The van der Waals surface area contributed by atoms with Gasteiger partial charge in [0.2, 0.25) is 0 Å². The molecule has 0 aromatic carbocycles. The van der Waals surface area contributed by atoms with Crippen molar-refractivity contribution in [2.45, 2.75) is 6.92 Å². The summed E-state index contributed by atoms with van der Waals surface area (Å²) < 4.78 is 9.00. The van der Waals surface area contributed by atoms with Gasteiger partial charge < -0.3 is 9.15 Å². The standard InChI is InChI=1S/C7H6O4/c1-5(8)11-6-2-3-10-7(9)4-6/h2-4H,1H3. The summed E-state index contributed by atoms with van der Waals surface area (Å²) in [6.07, 6.45) is 1.17. The van der Waals surface area contributed by atoms with Gasteiger partial charge in [0.1, 0.15) is 5.75 Å². The summed E-state index contributed by atoms with van der Waals surface area (Å²) in [7, 11) is 0. The van der Waals surface area contributed by atoms with Gasteiger partial charge in [-0.15, -0.1) is 0 Å². The van der Waals surface area contributed by atoms with Gasteiger partial charge in [-0.2, -0.15) is 0 Å². The molecule has 1 heterocycles. The van der Waals surface area contributed by atoms with Gasteiger partial charge in [0.25, 0.3) is 0 Å². The van der Waals surface area contributed by atoms with E-state index in [1.54, 1.807) is 0 Å². The van der Waals surface area contributed by atoms with Crippen LogP contribution in [0.4, 0.5) is 0 Å². The molecule has 4 heteroatoms. The molecule has 0 fully saturated rings. The molecule has 0 amide bonds. The molecule has 0 saturated carbocycles. The Labute approximate surface area is 62.4 Å². The predicted octanol–water partition coefficient (Wildman–Crippen LogP) is 0.565.